The molecule has 2 aromatic carbocycles. The van der Waals surface area contributed by atoms with Crippen molar-refractivity contribution in [1.29, 1.82) is 0 Å². The first-order valence-electron chi connectivity index (χ1n) is 13.1. The molecule has 1 aliphatic rings. The van der Waals surface area contributed by atoms with Crippen LogP contribution in [0.2, 0.25) is 15.1 Å². The molecule has 0 radical (unpaired) electrons. The van der Waals surface area contributed by atoms with Gasteiger partial charge in [0.15, 0.2) is 0 Å². The highest BCUT2D eigenvalue weighted by Crippen LogP contribution is 2.28. The van der Waals surface area contributed by atoms with Gasteiger partial charge in [-0.1, -0.05) is 66.2 Å². The Hall–Kier alpha value is -2.00. The van der Waals surface area contributed by atoms with E-state index in [9.17, 15) is 18.0 Å². The Morgan fingerprint density at radius 3 is 2.31 bits per heavy atom. The van der Waals surface area contributed by atoms with E-state index in [4.69, 9.17) is 34.8 Å². The van der Waals surface area contributed by atoms with Gasteiger partial charge in [-0.15, -0.1) is 0 Å². The number of carbonyl (C=O) groups is 2. The lowest BCUT2D eigenvalue weighted by molar-refractivity contribution is -0.141. The second kappa shape index (κ2) is 14.1. The van der Waals surface area contributed by atoms with Crippen molar-refractivity contribution in [1.82, 2.24) is 10.2 Å². The molecule has 0 heterocycles. The minimum atomic E-state index is -3.62. The van der Waals surface area contributed by atoms with Crippen LogP contribution in [0, 0.1) is 6.92 Å². The number of halogens is 3. The van der Waals surface area contributed by atoms with Crippen LogP contribution in [-0.4, -0.2) is 50.0 Å². The maximum Gasteiger partial charge on any atom is 0.242 e. The Labute approximate surface area is 246 Å². The van der Waals surface area contributed by atoms with E-state index in [1.807, 2.05) is 0 Å². The number of anilines is 1. The van der Waals surface area contributed by atoms with Crippen molar-refractivity contribution in [3.05, 3.63) is 62.6 Å². The summed E-state index contributed by atoms with van der Waals surface area (Å²) < 4.78 is 26.5. The van der Waals surface area contributed by atoms with Gasteiger partial charge in [-0.2, -0.15) is 0 Å². The van der Waals surface area contributed by atoms with E-state index in [1.54, 1.807) is 50.2 Å². The smallest absolute Gasteiger partial charge is 0.242 e. The number of carbonyl (C=O) groups excluding carboxylic acids is 2. The average Bonchev–Trinajstić information content (AvgIpc) is 2.87. The van der Waals surface area contributed by atoms with Crippen molar-refractivity contribution in [2.75, 3.05) is 17.1 Å². The highest BCUT2D eigenvalue weighted by Gasteiger charge is 2.29. The molecule has 1 aliphatic carbocycles. The molecule has 0 spiro atoms. The zero-order valence-corrected chi connectivity index (χ0v) is 25.6. The molecule has 0 saturated heterocycles. The summed E-state index contributed by atoms with van der Waals surface area (Å²) in [6.45, 7) is 3.72. The van der Waals surface area contributed by atoms with E-state index in [1.165, 1.54) is 15.6 Å². The van der Waals surface area contributed by atoms with Gasteiger partial charge in [0.05, 0.1) is 11.9 Å². The summed E-state index contributed by atoms with van der Waals surface area (Å²) in [5, 5.41) is 4.40. The molecule has 2 aromatic rings. The third-order valence-corrected chi connectivity index (χ3v) is 9.07. The number of nitrogens with zero attached hydrogens (tertiary/aromatic N) is 2. The van der Waals surface area contributed by atoms with E-state index in [2.05, 4.69) is 5.32 Å². The molecule has 0 aromatic heterocycles. The largest absolute Gasteiger partial charge is 0.352 e. The van der Waals surface area contributed by atoms with Crippen molar-refractivity contribution in [3.8, 4) is 0 Å². The van der Waals surface area contributed by atoms with Gasteiger partial charge in [0.1, 0.15) is 6.04 Å². The lowest BCUT2D eigenvalue weighted by atomic mass is 9.95. The van der Waals surface area contributed by atoms with Crippen LogP contribution >= 0.6 is 34.8 Å². The maximum absolute atomic E-state index is 13.5. The number of rotatable bonds is 11. The summed E-state index contributed by atoms with van der Waals surface area (Å²) in [6, 6.07) is 9.45. The van der Waals surface area contributed by atoms with Crippen LogP contribution in [-0.2, 0) is 26.2 Å². The van der Waals surface area contributed by atoms with Gasteiger partial charge in [-0.25, -0.2) is 8.42 Å². The molecule has 1 unspecified atom stereocenters. The molecule has 1 atom stereocenters. The highest BCUT2D eigenvalue weighted by molar-refractivity contribution is 7.92. The van der Waals surface area contributed by atoms with Crippen LogP contribution in [0.25, 0.3) is 0 Å². The Bertz CT molecular complexity index is 1280. The third kappa shape index (κ3) is 9.00. The van der Waals surface area contributed by atoms with Crippen LogP contribution in [0.4, 0.5) is 5.69 Å². The molecule has 214 valence electrons. The zero-order chi connectivity index (χ0) is 28.7. The summed E-state index contributed by atoms with van der Waals surface area (Å²) in [6.07, 6.45) is 6.59. The predicted octanol–water partition coefficient (Wildman–Crippen LogP) is 6.37. The number of aryl methyl sites for hydroxylation is 1. The number of hydrogen-bond donors (Lipinski definition) is 1. The Balaban J connectivity index is 1.77. The molecule has 39 heavy (non-hydrogen) atoms. The molecular formula is C28H36Cl3N3O4S. The van der Waals surface area contributed by atoms with Gasteiger partial charge < -0.3 is 10.2 Å². The standard InChI is InChI=1S/C28H36Cl3N3O4S/c1-19-11-13-23(30)17-26(19)34(39(3,37)38)15-7-10-27(35)33(18-21-12-14-22(29)16-25(21)31)20(2)28(36)32-24-8-5-4-6-9-24/h11-14,16-17,20,24H,4-10,15,18H2,1-3H3,(H,32,36). The molecule has 3 rings (SSSR count). The van der Waals surface area contributed by atoms with Crippen LogP contribution in [0.15, 0.2) is 36.4 Å². The summed E-state index contributed by atoms with van der Waals surface area (Å²) in [5.41, 5.74) is 1.89. The number of benzene rings is 2. The predicted molar refractivity (Wildman–Crippen MR) is 159 cm³/mol. The SMILES string of the molecule is Cc1ccc(Cl)cc1N(CCCC(=O)N(Cc1ccc(Cl)cc1Cl)C(C)C(=O)NC1CCCCC1)S(C)(=O)=O. The maximum atomic E-state index is 13.5. The molecule has 7 nitrogen and oxygen atoms in total. The van der Waals surface area contributed by atoms with Crippen molar-refractivity contribution >= 4 is 62.3 Å². The molecule has 1 fully saturated rings. The van der Waals surface area contributed by atoms with E-state index in [-0.39, 0.29) is 43.8 Å². The van der Waals surface area contributed by atoms with E-state index < -0.39 is 16.1 Å². The lowest BCUT2D eigenvalue weighted by Gasteiger charge is -2.32. The minimum absolute atomic E-state index is 0.0396. The number of hydrogen-bond acceptors (Lipinski definition) is 4. The topological polar surface area (TPSA) is 86.8 Å². The summed E-state index contributed by atoms with van der Waals surface area (Å²) in [4.78, 5) is 28.2. The fourth-order valence-electron chi connectivity index (χ4n) is 4.82. The van der Waals surface area contributed by atoms with Gasteiger partial charge >= 0.3 is 0 Å². The van der Waals surface area contributed by atoms with Crippen LogP contribution in [0.3, 0.4) is 0 Å². The molecule has 0 aliphatic heterocycles. The summed E-state index contributed by atoms with van der Waals surface area (Å²) in [5.74, 6) is -0.490. The molecule has 1 saturated carbocycles. The van der Waals surface area contributed by atoms with Gasteiger partial charge in [0, 0.05) is 40.6 Å². The number of amides is 2. The molecule has 0 bridgehead atoms. The van der Waals surface area contributed by atoms with E-state index >= 15 is 0 Å². The second-order valence-electron chi connectivity index (χ2n) is 10.1. The average molecular weight is 617 g/mol. The monoisotopic (exact) mass is 615 g/mol. The van der Waals surface area contributed by atoms with Crippen molar-refractivity contribution in [2.45, 2.75) is 77.4 Å². The van der Waals surface area contributed by atoms with Gasteiger partial charge in [-0.3, -0.25) is 13.9 Å². The van der Waals surface area contributed by atoms with Gasteiger partial charge in [0.25, 0.3) is 0 Å². The van der Waals surface area contributed by atoms with Crippen molar-refractivity contribution < 1.29 is 18.0 Å². The Morgan fingerprint density at radius 1 is 1.03 bits per heavy atom. The second-order valence-corrected chi connectivity index (χ2v) is 13.3. The zero-order valence-electron chi connectivity index (χ0n) is 22.6. The normalized spacial score (nSPS) is 15.0. The van der Waals surface area contributed by atoms with Crippen molar-refractivity contribution in [2.24, 2.45) is 0 Å². The first-order valence-corrected chi connectivity index (χ1v) is 16.1. The Morgan fingerprint density at radius 2 is 1.67 bits per heavy atom. The van der Waals surface area contributed by atoms with Crippen molar-refractivity contribution in [3.63, 3.8) is 0 Å². The third-order valence-electron chi connectivity index (χ3n) is 7.07. The molecule has 1 N–H and O–H groups in total. The fraction of sp³-hybridized carbons (Fsp3) is 0.500. The van der Waals surface area contributed by atoms with Crippen LogP contribution in [0.5, 0.6) is 0 Å². The van der Waals surface area contributed by atoms with E-state index in [0.717, 1.165) is 37.5 Å². The first-order chi connectivity index (χ1) is 18.4. The molecule has 2 amide bonds. The summed E-state index contributed by atoms with van der Waals surface area (Å²) >= 11 is 18.6. The number of sulfonamides is 1. The quantitative estimate of drug-likeness (QED) is 0.318. The highest BCUT2D eigenvalue weighted by atomic mass is 35.5. The molecular weight excluding hydrogens is 581 g/mol. The fourth-order valence-corrected chi connectivity index (χ4v) is 6.47. The van der Waals surface area contributed by atoms with Crippen LogP contribution in [0.1, 0.15) is 63.0 Å². The minimum Gasteiger partial charge on any atom is -0.352 e. The van der Waals surface area contributed by atoms with Crippen LogP contribution < -0.4 is 9.62 Å². The number of nitrogens with one attached hydrogen (secondary N) is 1. The van der Waals surface area contributed by atoms with Gasteiger partial charge in [-0.05, 0) is 68.5 Å². The lowest BCUT2D eigenvalue weighted by Crippen LogP contribution is -2.50. The summed E-state index contributed by atoms with van der Waals surface area (Å²) in [7, 11) is -3.62. The Kier molecular flexibility index (Phi) is 11.4. The van der Waals surface area contributed by atoms with Gasteiger partial charge in [0.2, 0.25) is 21.8 Å². The molecule has 11 heteroatoms. The first kappa shape index (κ1) is 31.5. The van der Waals surface area contributed by atoms with E-state index in [0.29, 0.717) is 26.3 Å².